The van der Waals surface area contributed by atoms with Crippen molar-refractivity contribution in [3.05, 3.63) is 99.1 Å². The molecule has 2 amide bonds. The van der Waals surface area contributed by atoms with Crippen molar-refractivity contribution < 1.29 is 14.3 Å². The summed E-state index contributed by atoms with van der Waals surface area (Å²) in [5.74, 6) is 0.430. The molecule has 8 heteroatoms. The minimum absolute atomic E-state index is 0.144. The SMILES string of the molecule is CCOc1ccc(/C=C/c2cc(C(=O)N(C)C3CCN(c4ccccc4Cl)C3=O)c3cc(Br)ccc3n2)cc1. The topological polar surface area (TPSA) is 62.7 Å². The summed E-state index contributed by atoms with van der Waals surface area (Å²) in [6.45, 7) is 3.05. The van der Waals surface area contributed by atoms with E-state index < -0.39 is 6.04 Å². The molecule has 1 unspecified atom stereocenters. The minimum atomic E-state index is -0.591. The van der Waals surface area contributed by atoms with Gasteiger partial charge in [-0.1, -0.05) is 57.9 Å². The summed E-state index contributed by atoms with van der Waals surface area (Å²) >= 11 is 9.87. The number of nitrogens with zero attached hydrogens (tertiary/aromatic N) is 3. The predicted molar refractivity (Wildman–Crippen MR) is 160 cm³/mol. The molecule has 1 fully saturated rings. The zero-order chi connectivity index (χ0) is 27.5. The molecule has 0 spiro atoms. The van der Waals surface area contributed by atoms with Gasteiger partial charge >= 0.3 is 0 Å². The van der Waals surface area contributed by atoms with Gasteiger partial charge in [0, 0.05) is 23.5 Å². The van der Waals surface area contributed by atoms with Crippen molar-refractivity contribution in [2.75, 3.05) is 25.1 Å². The molecule has 0 bridgehead atoms. The van der Waals surface area contributed by atoms with Crippen LogP contribution in [0.1, 0.15) is 35.0 Å². The van der Waals surface area contributed by atoms with E-state index in [1.165, 1.54) is 4.90 Å². The fourth-order valence-electron chi connectivity index (χ4n) is 4.77. The minimum Gasteiger partial charge on any atom is -0.494 e. The maximum Gasteiger partial charge on any atom is 0.255 e. The zero-order valence-corrected chi connectivity index (χ0v) is 23.9. The average Bonchev–Trinajstić information content (AvgIpc) is 3.32. The molecule has 3 aromatic carbocycles. The van der Waals surface area contributed by atoms with Gasteiger partial charge in [-0.2, -0.15) is 0 Å². The highest BCUT2D eigenvalue weighted by molar-refractivity contribution is 9.10. The van der Waals surface area contributed by atoms with E-state index in [4.69, 9.17) is 21.3 Å². The Morgan fingerprint density at radius 1 is 1.13 bits per heavy atom. The number of anilines is 1. The van der Waals surface area contributed by atoms with E-state index in [2.05, 4.69) is 15.9 Å². The second-order valence-corrected chi connectivity index (χ2v) is 10.6. The molecule has 1 aliphatic heterocycles. The van der Waals surface area contributed by atoms with Crippen molar-refractivity contribution in [3.8, 4) is 5.75 Å². The number of aromatic nitrogens is 1. The van der Waals surface area contributed by atoms with Gasteiger partial charge in [0.2, 0.25) is 5.91 Å². The van der Waals surface area contributed by atoms with Crippen molar-refractivity contribution in [3.63, 3.8) is 0 Å². The number of pyridine rings is 1. The Balaban J connectivity index is 1.44. The Labute approximate surface area is 241 Å². The Morgan fingerprint density at radius 2 is 1.90 bits per heavy atom. The Kier molecular flexibility index (Phi) is 8.00. The number of para-hydroxylation sites is 1. The molecule has 1 saturated heterocycles. The van der Waals surface area contributed by atoms with Crippen LogP contribution < -0.4 is 9.64 Å². The molecule has 1 atom stereocenters. The highest BCUT2D eigenvalue weighted by Crippen LogP contribution is 2.31. The van der Waals surface area contributed by atoms with Gasteiger partial charge in [-0.05, 0) is 73.5 Å². The van der Waals surface area contributed by atoms with Crippen LogP contribution in [0.25, 0.3) is 23.1 Å². The van der Waals surface area contributed by atoms with Crippen LogP contribution in [-0.4, -0.2) is 47.9 Å². The number of ether oxygens (including phenoxy) is 1. The van der Waals surface area contributed by atoms with Crippen molar-refractivity contribution in [1.82, 2.24) is 9.88 Å². The maximum atomic E-state index is 13.9. The van der Waals surface area contributed by atoms with Gasteiger partial charge in [-0.3, -0.25) is 9.59 Å². The van der Waals surface area contributed by atoms with Gasteiger partial charge in [-0.15, -0.1) is 0 Å². The lowest BCUT2D eigenvalue weighted by molar-refractivity contribution is -0.120. The largest absolute Gasteiger partial charge is 0.494 e. The first-order valence-electron chi connectivity index (χ1n) is 12.7. The van der Waals surface area contributed by atoms with Crippen LogP contribution >= 0.6 is 27.5 Å². The van der Waals surface area contributed by atoms with Crippen LogP contribution in [0.5, 0.6) is 5.75 Å². The lowest BCUT2D eigenvalue weighted by atomic mass is 10.0. The van der Waals surface area contributed by atoms with Crippen molar-refractivity contribution in [1.29, 1.82) is 0 Å². The van der Waals surface area contributed by atoms with E-state index in [0.717, 1.165) is 15.8 Å². The molecule has 4 aromatic rings. The third-order valence-electron chi connectivity index (χ3n) is 6.77. The highest BCUT2D eigenvalue weighted by atomic mass is 79.9. The van der Waals surface area contributed by atoms with Crippen molar-refractivity contribution in [2.24, 2.45) is 0 Å². The lowest BCUT2D eigenvalue weighted by Gasteiger charge is -2.25. The number of benzene rings is 3. The number of fused-ring (bicyclic) bond motifs is 1. The van der Waals surface area contributed by atoms with Gasteiger partial charge in [0.1, 0.15) is 11.8 Å². The van der Waals surface area contributed by atoms with E-state index >= 15 is 0 Å². The number of likely N-dealkylation sites (N-methyl/N-ethyl adjacent to an activating group) is 1. The highest BCUT2D eigenvalue weighted by Gasteiger charge is 2.38. The molecule has 1 aromatic heterocycles. The quantitative estimate of drug-likeness (QED) is 0.226. The fraction of sp³-hybridized carbons (Fsp3) is 0.194. The molecule has 6 nitrogen and oxygen atoms in total. The van der Waals surface area contributed by atoms with E-state index in [9.17, 15) is 9.59 Å². The number of halogens is 2. The van der Waals surface area contributed by atoms with Crippen LogP contribution in [0.15, 0.2) is 77.3 Å². The van der Waals surface area contributed by atoms with E-state index in [0.29, 0.717) is 52.4 Å². The summed E-state index contributed by atoms with van der Waals surface area (Å²) in [6, 6.07) is 21.9. The Hall–Kier alpha value is -3.68. The smallest absolute Gasteiger partial charge is 0.255 e. The normalized spacial score (nSPS) is 15.3. The number of hydrogen-bond acceptors (Lipinski definition) is 4. The van der Waals surface area contributed by atoms with Crippen LogP contribution in [0.4, 0.5) is 5.69 Å². The molecule has 2 heterocycles. The molecule has 0 radical (unpaired) electrons. The van der Waals surface area contributed by atoms with Crippen LogP contribution in [0, 0.1) is 0 Å². The Bertz CT molecular complexity index is 1570. The second kappa shape index (κ2) is 11.6. The summed E-state index contributed by atoms with van der Waals surface area (Å²) < 4.78 is 6.36. The molecule has 5 rings (SSSR count). The van der Waals surface area contributed by atoms with Gasteiger partial charge in [-0.25, -0.2) is 4.98 Å². The van der Waals surface area contributed by atoms with E-state index in [1.807, 2.05) is 79.7 Å². The first kappa shape index (κ1) is 26.9. The molecular formula is C31H27BrClN3O3. The van der Waals surface area contributed by atoms with Crippen LogP contribution in [0.3, 0.4) is 0 Å². The number of carbonyl (C=O) groups is 2. The fourth-order valence-corrected chi connectivity index (χ4v) is 5.37. The second-order valence-electron chi connectivity index (χ2n) is 9.25. The lowest BCUT2D eigenvalue weighted by Crippen LogP contribution is -2.43. The van der Waals surface area contributed by atoms with Gasteiger partial charge in [0.05, 0.1) is 34.1 Å². The maximum absolute atomic E-state index is 13.9. The van der Waals surface area contributed by atoms with E-state index in [-0.39, 0.29) is 11.8 Å². The molecule has 0 saturated carbocycles. The summed E-state index contributed by atoms with van der Waals surface area (Å²) in [5, 5.41) is 1.22. The molecule has 0 N–H and O–H groups in total. The zero-order valence-electron chi connectivity index (χ0n) is 21.6. The molecule has 1 aliphatic rings. The summed E-state index contributed by atoms with van der Waals surface area (Å²) in [5.41, 5.74) is 3.47. The molecule has 198 valence electrons. The third kappa shape index (κ3) is 5.70. The number of carbonyl (C=O) groups excluding carboxylic acids is 2. The van der Waals surface area contributed by atoms with Crippen LogP contribution in [0.2, 0.25) is 5.02 Å². The number of hydrogen-bond donors (Lipinski definition) is 0. The third-order valence-corrected chi connectivity index (χ3v) is 7.58. The standard InChI is InChI=1S/C31H27BrClN3O3/c1-3-39-23-13-9-20(10-14-23)8-12-22-19-25(24-18-21(32)11-15-27(24)34-22)30(37)35(2)29-16-17-36(31(29)38)28-7-5-4-6-26(28)33/h4-15,18-19,29H,3,16-17H2,1-2H3/b12-8+. The summed E-state index contributed by atoms with van der Waals surface area (Å²) in [6.07, 6.45) is 4.35. The van der Waals surface area contributed by atoms with E-state index in [1.54, 1.807) is 24.1 Å². The van der Waals surface area contributed by atoms with Crippen molar-refractivity contribution >= 4 is 68.1 Å². The number of rotatable bonds is 7. The molecule has 39 heavy (non-hydrogen) atoms. The molecule has 0 aliphatic carbocycles. The van der Waals surface area contributed by atoms with Gasteiger partial charge in [0.25, 0.3) is 5.91 Å². The number of amides is 2. The van der Waals surface area contributed by atoms with Crippen LogP contribution in [-0.2, 0) is 4.79 Å². The first-order valence-corrected chi connectivity index (χ1v) is 13.9. The van der Waals surface area contributed by atoms with Crippen molar-refractivity contribution in [2.45, 2.75) is 19.4 Å². The predicted octanol–water partition coefficient (Wildman–Crippen LogP) is 7.10. The first-order chi connectivity index (χ1) is 18.9. The van der Waals surface area contributed by atoms with Gasteiger partial charge in [0.15, 0.2) is 0 Å². The average molecular weight is 605 g/mol. The summed E-state index contributed by atoms with van der Waals surface area (Å²) in [7, 11) is 1.68. The monoisotopic (exact) mass is 603 g/mol. The summed E-state index contributed by atoms with van der Waals surface area (Å²) in [4.78, 5) is 35.2. The van der Waals surface area contributed by atoms with Gasteiger partial charge < -0.3 is 14.5 Å². The Morgan fingerprint density at radius 3 is 2.64 bits per heavy atom. The molecular weight excluding hydrogens is 578 g/mol.